The van der Waals surface area contributed by atoms with Crippen LogP contribution < -0.4 is 5.32 Å². The van der Waals surface area contributed by atoms with Crippen LogP contribution in [0.1, 0.15) is 38.5 Å². The SMILES string of the molecule is C1CCCC2NCC2CC1. The molecule has 1 saturated heterocycles. The fourth-order valence-corrected chi connectivity index (χ4v) is 2.22. The summed E-state index contributed by atoms with van der Waals surface area (Å²) in [6, 6.07) is 0.917. The molecule has 0 radical (unpaired) electrons. The van der Waals surface area contributed by atoms with Gasteiger partial charge in [0.15, 0.2) is 0 Å². The molecule has 0 aromatic heterocycles. The Morgan fingerprint density at radius 2 is 1.70 bits per heavy atom. The van der Waals surface area contributed by atoms with Crippen molar-refractivity contribution in [1.29, 1.82) is 0 Å². The van der Waals surface area contributed by atoms with E-state index in [9.17, 15) is 0 Å². The van der Waals surface area contributed by atoms with Crippen molar-refractivity contribution < 1.29 is 0 Å². The highest BCUT2D eigenvalue weighted by atomic mass is 15.0. The van der Waals surface area contributed by atoms with Gasteiger partial charge in [0.05, 0.1) is 0 Å². The predicted molar refractivity (Wildman–Crippen MR) is 43.0 cm³/mol. The zero-order valence-corrected chi connectivity index (χ0v) is 6.60. The molecule has 0 aromatic carbocycles. The van der Waals surface area contributed by atoms with Crippen LogP contribution in [0.15, 0.2) is 0 Å². The van der Waals surface area contributed by atoms with Crippen molar-refractivity contribution in [2.75, 3.05) is 6.54 Å². The summed E-state index contributed by atoms with van der Waals surface area (Å²) in [5.41, 5.74) is 0. The molecule has 1 N–H and O–H groups in total. The second kappa shape index (κ2) is 2.91. The van der Waals surface area contributed by atoms with Gasteiger partial charge in [0.1, 0.15) is 0 Å². The number of hydrogen-bond donors (Lipinski definition) is 1. The molecule has 0 bridgehead atoms. The Labute approximate surface area is 63.2 Å². The maximum absolute atomic E-state index is 3.52. The molecular weight excluding hydrogens is 122 g/mol. The topological polar surface area (TPSA) is 12.0 Å². The number of hydrogen-bond acceptors (Lipinski definition) is 1. The summed E-state index contributed by atoms with van der Waals surface area (Å²) >= 11 is 0. The van der Waals surface area contributed by atoms with Crippen LogP contribution in [0.4, 0.5) is 0 Å². The van der Waals surface area contributed by atoms with E-state index in [-0.39, 0.29) is 0 Å². The van der Waals surface area contributed by atoms with Gasteiger partial charge in [-0.05, 0) is 25.3 Å². The first kappa shape index (κ1) is 6.66. The first-order chi connectivity index (χ1) is 4.97. The second-order valence-corrected chi connectivity index (χ2v) is 3.77. The van der Waals surface area contributed by atoms with Gasteiger partial charge >= 0.3 is 0 Å². The Bertz CT molecular complexity index is 97.3. The molecule has 2 aliphatic rings. The third-order valence-corrected chi connectivity index (χ3v) is 3.05. The summed E-state index contributed by atoms with van der Waals surface area (Å²) in [7, 11) is 0. The second-order valence-electron chi connectivity index (χ2n) is 3.77. The van der Waals surface area contributed by atoms with Crippen molar-refractivity contribution in [2.45, 2.75) is 44.6 Å². The first-order valence-electron chi connectivity index (χ1n) is 4.70. The molecule has 2 rings (SSSR count). The molecule has 1 nitrogen and oxygen atoms in total. The third-order valence-electron chi connectivity index (χ3n) is 3.05. The van der Waals surface area contributed by atoms with E-state index in [1.807, 2.05) is 0 Å². The van der Waals surface area contributed by atoms with Crippen LogP contribution in [-0.4, -0.2) is 12.6 Å². The van der Waals surface area contributed by atoms with E-state index >= 15 is 0 Å². The Hall–Kier alpha value is -0.0400. The largest absolute Gasteiger partial charge is 0.313 e. The van der Waals surface area contributed by atoms with Crippen LogP contribution in [0.5, 0.6) is 0 Å². The van der Waals surface area contributed by atoms with Gasteiger partial charge in [0.25, 0.3) is 0 Å². The summed E-state index contributed by atoms with van der Waals surface area (Å²) in [5, 5.41) is 3.52. The Morgan fingerprint density at radius 1 is 0.900 bits per heavy atom. The summed E-state index contributed by atoms with van der Waals surface area (Å²) in [5.74, 6) is 1.06. The third kappa shape index (κ3) is 1.20. The molecule has 58 valence electrons. The van der Waals surface area contributed by atoms with Crippen LogP contribution in [0, 0.1) is 5.92 Å². The van der Waals surface area contributed by atoms with E-state index in [1.165, 1.54) is 45.1 Å². The molecule has 0 aromatic rings. The molecular formula is C9H17N. The zero-order valence-electron chi connectivity index (χ0n) is 6.60. The molecule has 0 spiro atoms. The summed E-state index contributed by atoms with van der Waals surface area (Å²) < 4.78 is 0. The number of rotatable bonds is 0. The molecule has 2 unspecified atom stereocenters. The Morgan fingerprint density at radius 3 is 2.40 bits per heavy atom. The fourth-order valence-electron chi connectivity index (χ4n) is 2.22. The Balaban J connectivity index is 1.83. The van der Waals surface area contributed by atoms with Crippen molar-refractivity contribution in [2.24, 2.45) is 5.92 Å². The van der Waals surface area contributed by atoms with E-state index in [1.54, 1.807) is 0 Å². The molecule has 1 aliphatic carbocycles. The quantitative estimate of drug-likeness (QED) is 0.540. The van der Waals surface area contributed by atoms with E-state index in [2.05, 4.69) is 5.32 Å². The van der Waals surface area contributed by atoms with Gasteiger partial charge in [0, 0.05) is 6.04 Å². The molecule has 1 heterocycles. The first-order valence-corrected chi connectivity index (χ1v) is 4.70. The van der Waals surface area contributed by atoms with Gasteiger partial charge in [-0.25, -0.2) is 0 Å². The highest BCUT2D eigenvalue weighted by molar-refractivity contribution is 4.88. The van der Waals surface area contributed by atoms with Gasteiger partial charge in [-0.2, -0.15) is 0 Å². The van der Waals surface area contributed by atoms with Crippen molar-refractivity contribution in [3.63, 3.8) is 0 Å². The van der Waals surface area contributed by atoms with Gasteiger partial charge < -0.3 is 5.32 Å². The highest BCUT2D eigenvalue weighted by Crippen LogP contribution is 2.27. The predicted octanol–water partition coefficient (Wildman–Crippen LogP) is 1.93. The molecule has 1 saturated carbocycles. The van der Waals surface area contributed by atoms with E-state index < -0.39 is 0 Å². The number of fused-ring (bicyclic) bond motifs is 1. The maximum atomic E-state index is 3.52. The molecule has 1 aliphatic heterocycles. The van der Waals surface area contributed by atoms with Crippen LogP contribution in [0.3, 0.4) is 0 Å². The Kier molecular flexibility index (Phi) is 1.94. The minimum atomic E-state index is 0.917. The lowest BCUT2D eigenvalue weighted by atomic mass is 9.81. The molecule has 2 fully saturated rings. The van der Waals surface area contributed by atoms with Crippen LogP contribution in [0.2, 0.25) is 0 Å². The van der Waals surface area contributed by atoms with E-state index in [0.717, 1.165) is 12.0 Å². The standard InChI is InChI=1S/C9H17N/c1-2-4-6-9-8(5-3-1)7-10-9/h8-10H,1-7H2. The molecule has 2 atom stereocenters. The fraction of sp³-hybridized carbons (Fsp3) is 1.00. The lowest BCUT2D eigenvalue weighted by molar-refractivity contribution is 0.186. The average Bonchev–Trinajstić information content (AvgIpc) is 1.89. The van der Waals surface area contributed by atoms with Crippen molar-refractivity contribution >= 4 is 0 Å². The zero-order chi connectivity index (χ0) is 6.81. The van der Waals surface area contributed by atoms with Crippen LogP contribution in [0.25, 0.3) is 0 Å². The summed E-state index contributed by atoms with van der Waals surface area (Å²) in [6.07, 6.45) is 8.87. The number of nitrogens with one attached hydrogen (secondary N) is 1. The van der Waals surface area contributed by atoms with Gasteiger partial charge in [-0.1, -0.05) is 25.7 Å². The van der Waals surface area contributed by atoms with Crippen LogP contribution in [-0.2, 0) is 0 Å². The smallest absolute Gasteiger partial charge is 0.0108 e. The minimum absolute atomic E-state index is 0.917. The van der Waals surface area contributed by atoms with E-state index in [0.29, 0.717) is 0 Å². The molecule has 10 heavy (non-hydrogen) atoms. The molecule has 0 amide bonds. The average molecular weight is 139 g/mol. The normalized spacial score (nSPS) is 40.8. The monoisotopic (exact) mass is 139 g/mol. The minimum Gasteiger partial charge on any atom is -0.313 e. The van der Waals surface area contributed by atoms with Crippen molar-refractivity contribution in [3.8, 4) is 0 Å². The van der Waals surface area contributed by atoms with Gasteiger partial charge in [0.2, 0.25) is 0 Å². The summed E-state index contributed by atoms with van der Waals surface area (Å²) in [4.78, 5) is 0. The lowest BCUT2D eigenvalue weighted by Crippen LogP contribution is -2.52. The molecule has 1 heteroatoms. The van der Waals surface area contributed by atoms with Gasteiger partial charge in [-0.3, -0.25) is 0 Å². The maximum Gasteiger partial charge on any atom is 0.0108 e. The van der Waals surface area contributed by atoms with Gasteiger partial charge in [-0.15, -0.1) is 0 Å². The van der Waals surface area contributed by atoms with Crippen molar-refractivity contribution in [3.05, 3.63) is 0 Å². The lowest BCUT2D eigenvalue weighted by Gasteiger charge is -2.39. The van der Waals surface area contributed by atoms with E-state index in [4.69, 9.17) is 0 Å². The van der Waals surface area contributed by atoms with Crippen LogP contribution >= 0.6 is 0 Å². The van der Waals surface area contributed by atoms with Crippen molar-refractivity contribution in [1.82, 2.24) is 5.32 Å². The highest BCUT2D eigenvalue weighted by Gasteiger charge is 2.29. The summed E-state index contributed by atoms with van der Waals surface area (Å²) in [6.45, 7) is 1.31.